The lowest BCUT2D eigenvalue weighted by atomic mass is 10.0. The molecule has 0 aromatic rings. The van der Waals surface area contributed by atoms with Crippen LogP contribution in [0.15, 0.2) is 0 Å². The molecule has 0 aromatic heterocycles. The fourth-order valence-corrected chi connectivity index (χ4v) is 2.47. The second-order valence-electron chi connectivity index (χ2n) is 4.89. The van der Waals surface area contributed by atoms with Crippen molar-refractivity contribution < 1.29 is 14.3 Å². The third-order valence-corrected chi connectivity index (χ3v) is 3.55. The molecule has 3 atom stereocenters. The molecule has 5 heteroatoms. The third kappa shape index (κ3) is 3.18. The molecule has 0 radical (unpaired) electrons. The first kappa shape index (κ1) is 12.8. The molecule has 2 fully saturated rings. The zero-order valence-electron chi connectivity index (χ0n) is 10.6. The maximum Gasteiger partial charge on any atom is 0.228 e. The first-order chi connectivity index (χ1) is 8.18. The summed E-state index contributed by atoms with van der Waals surface area (Å²) in [4.78, 5) is 14.0. The van der Waals surface area contributed by atoms with Crippen molar-refractivity contribution in [2.75, 3.05) is 39.9 Å². The normalized spacial score (nSPS) is 33.6. The van der Waals surface area contributed by atoms with Crippen molar-refractivity contribution in [2.45, 2.75) is 25.6 Å². The fraction of sp³-hybridized carbons (Fsp3) is 0.917. The van der Waals surface area contributed by atoms with Gasteiger partial charge in [-0.25, -0.2) is 0 Å². The third-order valence-electron chi connectivity index (χ3n) is 3.55. The Balaban J connectivity index is 1.81. The van der Waals surface area contributed by atoms with E-state index in [0.717, 1.165) is 26.1 Å². The van der Waals surface area contributed by atoms with Gasteiger partial charge in [-0.1, -0.05) is 0 Å². The topological polar surface area (TPSA) is 50.8 Å². The van der Waals surface area contributed by atoms with E-state index in [1.54, 1.807) is 4.90 Å². The molecule has 2 aliphatic heterocycles. The Bertz CT molecular complexity index is 266. The van der Waals surface area contributed by atoms with E-state index < -0.39 is 0 Å². The largest absolute Gasteiger partial charge is 0.378 e. The van der Waals surface area contributed by atoms with Gasteiger partial charge in [0.2, 0.25) is 5.91 Å². The van der Waals surface area contributed by atoms with Gasteiger partial charge in [0.25, 0.3) is 0 Å². The summed E-state index contributed by atoms with van der Waals surface area (Å²) in [5.74, 6) is 0.209. The molecule has 2 saturated heterocycles. The minimum Gasteiger partial charge on any atom is -0.378 e. The Labute approximate surface area is 102 Å². The Morgan fingerprint density at radius 1 is 1.41 bits per heavy atom. The summed E-state index contributed by atoms with van der Waals surface area (Å²) in [5, 5.41) is 3.27. The maximum atomic E-state index is 12.2. The lowest BCUT2D eigenvalue weighted by Gasteiger charge is -2.29. The zero-order chi connectivity index (χ0) is 12.3. The van der Waals surface area contributed by atoms with Gasteiger partial charge in [0.1, 0.15) is 0 Å². The van der Waals surface area contributed by atoms with Crippen LogP contribution in [-0.4, -0.2) is 62.9 Å². The molecule has 98 valence electrons. The van der Waals surface area contributed by atoms with Crippen LogP contribution in [0.5, 0.6) is 0 Å². The Hall–Kier alpha value is -0.650. The molecule has 5 nitrogen and oxygen atoms in total. The fourth-order valence-electron chi connectivity index (χ4n) is 2.47. The molecular weight excluding hydrogens is 220 g/mol. The van der Waals surface area contributed by atoms with Crippen LogP contribution >= 0.6 is 0 Å². The van der Waals surface area contributed by atoms with E-state index in [1.807, 2.05) is 14.0 Å². The molecule has 0 saturated carbocycles. The van der Waals surface area contributed by atoms with Crippen molar-refractivity contribution >= 4 is 5.91 Å². The molecule has 2 heterocycles. The Morgan fingerprint density at radius 2 is 2.24 bits per heavy atom. The second kappa shape index (κ2) is 5.80. The van der Waals surface area contributed by atoms with Gasteiger partial charge in [-0.05, 0) is 13.3 Å². The highest BCUT2D eigenvalue weighted by Gasteiger charge is 2.33. The van der Waals surface area contributed by atoms with Crippen LogP contribution in [0.3, 0.4) is 0 Å². The molecule has 2 rings (SSSR count). The van der Waals surface area contributed by atoms with Gasteiger partial charge in [-0.15, -0.1) is 0 Å². The summed E-state index contributed by atoms with van der Waals surface area (Å²) in [6.07, 6.45) is 1.01. The van der Waals surface area contributed by atoms with Gasteiger partial charge in [0.05, 0.1) is 24.7 Å². The zero-order valence-corrected chi connectivity index (χ0v) is 10.6. The van der Waals surface area contributed by atoms with Crippen molar-refractivity contribution in [1.82, 2.24) is 10.2 Å². The molecule has 1 amide bonds. The SMILES string of the molecule is CC1OCCC1C(=O)N(C)CC1CNCCO1. The van der Waals surface area contributed by atoms with Crippen LogP contribution in [0.4, 0.5) is 0 Å². The van der Waals surface area contributed by atoms with Gasteiger partial charge in [0, 0.05) is 33.3 Å². The average molecular weight is 242 g/mol. The van der Waals surface area contributed by atoms with Crippen molar-refractivity contribution in [2.24, 2.45) is 5.92 Å². The number of hydrogen-bond donors (Lipinski definition) is 1. The first-order valence-electron chi connectivity index (χ1n) is 6.37. The molecule has 0 spiro atoms. The molecule has 0 aliphatic carbocycles. The second-order valence-corrected chi connectivity index (χ2v) is 4.89. The maximum absolute atomic E-state index is 12.2. The molecule has 1 N–H and O–H groups in total. The molecule has 17 heavy (non-hydrogen) atoms. The average Bonchev–Trinajstić information content (AvgIpc) is 2.76. The highest BCUT2D eigenvalue weighted by molar-refractivity contribution is 5.79. The van der Waals surface area contributed by atoms with E-state index in [1.165, 1.54) is 0 Å². The monoisotopic (exact) mass is 242 g/mol. The van der Waals surface area contributed by atoms with Crippen molar-refractivity contribution in [1.29, 1.82) is 0 Å². The van der Waals surface area contributed by atoms with E-state index in [0.29, 0.717) is 13.2 Å². The van der Waals surface area contributed by atoms with Crippen LogP contribution in [0, 0.1) is 5.92 Å². The highest BCUT2D eigenvalue weighted by atomic mass is 16.5. The van der Waals surface area contributed by atoms with E-state index >= 15 is 0 Å². The Kier molecular flexibility index (Phi) is 4.36. The summed E-state index contributed by atoms with van der Waals surface area (Å²) < 4.78 is 11.0. The number of nitrogens with one attached hydrogen (secondary N) is 1. The number of ether oxygens (including phenoxy) is 2. The summed E-state index contributed by atoms with van der Waals surface area (Å²) in [5.41, 5.74) is 0. The molecule has 2 aliphatic rings. The van der Waals surface area contributed by atoms with Crippen molar-refractivity contribution in [3.05, 3.63) is 0 Å². The van der Waals surface area contributed by atoms with Crippen molar-refractivity contribution in [3.63, 3.8) is 0 Å². The predicted octanol–water partition coefficient (Wildman–Crippen LogP) is -0.142. The molecule has 0 bridgehead atoms. The number of morpholine rings is 1. The number of nitrogens with zero attached hydrogens (tertiary/aromatic N) is 1. The van der Waals surface area contributed by atoms with Gasteiger partial charge in [-0.2, -0.15) is 0 Å². The number of carbonyl (C=O) groups excluding carboxylic acids is 1. The van der Waals surface area contributed by atoms with Gasteiger partial charge in [-0.3, -0.25) is 4.79 Å². The lowest BCUT2D eigenvalue weighted by molar-refractivity contribution is -0.137. The first-order valence-corrected chi connectivity index (χ1v) is 6.37. The Morgan fingerprint density at radius 3 is 2.82 bits per heavy atom. The van der Waals surface area contributed by atoms with E-state index in [2.05, 4.69) is 5.32 Å². The molecule has 3 unspecified atom stereocenters. The summed E-state index contributed by atoms with van der Waals surface area (Å²) >= 11 is 0. The summed E-state index contributed by atoms with van der Waals surface area (Å²) in [6.45, 7) is 5.80. The lowest BCUT2D eigenvalue weighted by Crippen LogP contribution is -2.47. The summed E-state index contributed by atoms with van der Waals surface area (Å²) in [6, 6.07) is 0. The standard InChI is InChI=1S/C12H22N2O3/c1-9-11(3-5-16-9)12(15)14(2)8-10-7-13-4-6-17-10/h9-11,13H,3-8H2,1-2H3. The number of rotatable bonds is 3. The highest BCUT2D eigenvalue weighted by Crippen LogP contribution is 2.22. The quantitative estimate of drug-likeness (QED) is 0.748. The van der Waals surface area contributed by atoms with Crippen LogP contribution in [-0.2, 0) is 14.3 Å². The summed E-state index contributed by atoms with van der Waals surface area (Å²) in [7, 11) is 1.85. The van der Waals surface area contributed by atoms with E-state index in [9.17, 15) is 4.79 Å². The number of carbonyl (C=O) groups is 1. The van der Waals surface area contributed by atoms with E-state index in [4.69, 9.17) is 9.47 Å². The van der Waals surface area contributed by atoms with Gasteiger partial charge in [0.15, 0.2) is 0 Å². The van der Waals surface area contributed by atoms with Crippen LogP contribution in [0.2, 0.25) is 0 Å². The van der Waals surface area contributed by atoms with Crippen LogP contribution in [0.25, 0.3) is 0 Å². The minimum atomic E-state index is 0.0246. The predicted molar refractivity (Wildman–Crippen MR) is 63.8 cm³/mol. The number of amides is 1. The molecule has 0 aromatic carbocycles. The van der Waals surface area contributed by atoms with Crippen LogP contribution < -0.4 is 5.32 Å². The number of hydrogen-bond acceptors (Lipinski definition) is 4. The minimum absolute atomic E-state index is 0.0246. The van der Waals surface area contributed by atoms with Crippen LogP contribution in [0.1, 0.15) is 13.3 Å². The molecular formula is C12H22N2O3. The van der Waals surface area contributed by atoms with Gasteiger partial charge >= 0.3 is 0 Å². The van der Waals surface area contributed by atoms with E-state index in [-0.39, 0.29) is 24.0 Å². The smallest absolute Gasteiger partial charge is 0.228 e. The van der Waals surface area contributed by atoms with Gasteiger partial charge < -0.3 is 19.7 Å². The van der Waals surface area contributed by atoms with Crippen molar-refractivity contribution in [3.8, 4) is 0 Å². The number of likely N-dealkylation sites (N-methyl/N-ethyl adjacent to an activating group) is 1.